The maximum absolute atomic E-state index is 12.5. The molecule has 0 aliphatic heterocycles. The number of unbranched alkanes of at least 4 members (excludes halogenated alkanes) is 3. The molecule has 0 aliphatic rings. The van der Waals surface area contributed by atoms with Crippen LogP contribution in [0.1, 0.15) is 48.5 Å². The van der Waals surface area contributed by atoms with Crippen LogP contribution in [0.3, 0.4) is 0 Å². The molecule has 0 aromatic heterocycles. The predicted molar refractivity (Wildman–Crippen MR) is 134 cm³/mol. The second kappa shape index (κ2) is 15.2. The average molecular weight is 497 g/mol. The van der Waals surface area contributed by atoms with E-state index in [1.54, 1.807) is 12.1 Å². The zero-order chi connectivity index (χ0) is 26.3. The van der Waals surface area contributed by atoms with Gasteiger partial charge in [0.15, 0.2) is 0 Å². The van der Waals surface area contributed by atoms with Gasteiger partial charge in [0.05, 0.1) is 31.0 Å². The molecule has 2 aromatic rings. The largest absolute Gasteiger partial charge is 0.494 e. The highest BCUT2D eigenvalue weighted by Gasteiger charge is 2.13. The van der Waals surface area contributed by atoms with E-state index in [1.165, 1.54) is 24.3 Å². The molecule has 0 radical (unpaired) electrons. The van der Waals surface area contributed by atoms with Crippen LogP contribution in [0.2, 0.25) is 0 Å². The number of carbonyl (C=O) groups is 3. The molecule has 0 amide bonds. The molecule has 0 bridgehead atoms. The molecule has 2 rings (SSSR count). The summed E-state index contributed by atoms with van der Waals surface area (Å²) in [5.74, 6) is -0.214. The fourth-order valence-electron chi connectivity index (χ4n) is 3.08. The van der Waals surface area contributed by atoms with Crippen molar-refractivity contribution in [2.24, 2.45) is 0 Å². The third-order valence-electron chi connectivity index (χ3n) is 5.11. The number of carbonyl (C=O) groups excluding carboxylic acids is 3. The SMILES string of the molecule is C=CC(=O)Oc1ccc(C(=O)Oc2ccc(OCCCCCCOC(=O)C(=C)CO)cc2CC)cc1. The molecule has 192 valence electrons. The number of hydrogen-bond donors (Lipinski definition) is 1. The van der Waals surface area contributed by atoms with E-state index in [2.05, 4.69) is 13.2 Å². The van der Waals surface area contributed by atoms with Gasteiger partial charge in [0.1, 0.15) is 17.2 Å². The van der Waals surface area contributed by atoms with Crippen molar-refractivity contribution in [1.82, 2.24) is 0 Å². The van der Waals surface area contributed by atoms with E-state index >= 15 is 0 Å². The molecular formula is C28H32O8. The van der Waals surface area contributed by atoms with Crippen LogP contribution in [-0.4, -0.2) is 42.8 Å². The van der Waals surface area contributed by atoms with E-state index in [1.807, 2.05) is 13.0 Å². The van der Waals surface area contributed by atoms with E-state index in [0.29, 0.717) is 42.4 Å². The average Bonchev–Trinajstić information content (AvgIpc) is 2.90. The van der Waals surface area contributed by atoms with Crippen LogP contribution in [-0.2, 0) is 20.7 Å². The number of hydrogen-bond acceptors (Lipinski definition) is 8. The number of aryl methyl sites for hydroxylation is 1. The van der Waals surface area contributed by atoms with E-state index in [0.717, 1.165) is 37.3 Å². The summed E-state index contributed by atoms with van der Waals surface area (Å²) in [4.78, 5) is 35.2. The summed E-state index contributed by atoms with van der Waals surface area (Å²) in [6, 6.07) is 11.4. The number of ether oxygens (including phenoxy) is 4. The van der Waals surface area contributed by atoms with E-state index < -0.39 is 24.5 Å². The smallest absolute Gasteiger partial charge is 0.343 e. The molecule has 36 heavy (non-hydrogen) atoms. The van der Waals surface area contributed by atoms with Gasteiger partial charge in [0.2, 0.25) is 0 Å². The third kappa shape index (κ3) is 9.38. The van der Waals surface area contributed by atoms with Gasteiger partial charge in [0.25, 0.3) is 0 Å². The zero-order valence-electron chi connectivity index (χ0n) is 20.5. The lowest BCUT2D eigenvalue weighted by Crippen LogP contribution is -2.10. The van der Waals surface area contributed by atoms with Gasteiger partial charge >= 0.3 is 17.9 Å². The zero-order valence-corrected chi connectivity index (χ0v) is 20.5. The van der Waals surface area contributed by atoms with Crippen molar-refractivity contribution < 1.29 is 38.4 Å². The molecule has 0 unspecified atom stereocenters. The van der Waals surface area contributed by atoms with Gasteiger partial charge in [-0.15, -0.1) is 0 Å². The van der Waals surface area contributed by atoms with Crippen LogP contribution in [0, 0.1) is 0 Å². The van der Waals surface area contributed by atoms with E-state index in [9.17, 15) is 14.4 Å². The first-order valence-electron chi connectivity index (χ1n) is 11.8. The number of rotatable bonds is 15. The molecule has 0 spiro atoms. The monoisotopic (exact) mass is 496 g/mol. The Morgan fingerprint density at radius 3 is 2.22 bits per heavy atom. The summed E-state index contributed by atoms with van der Waals surface area (Å²) < 4.78 is 21.4. The molecule has 0 heterocycles. The Kier molecular flexibility index (Phi) is 11.9. The summed E-state index contributed by atoms with van der Waals surface area (Å²) in [5.41, 5.74) is 1.21. The Hall–Kier alpha value is -3.91. The quantitative estimate of drug-likeness (QED) is 0.165. The molecule has 0 fully saturated rings. The van der Waals surface area contributed by atoms with Gasteiger partial charge in [-0.05, 0) is 80.1 Å². The number of aliphatic hydroxyl groups excluding tert-OH is 1. The van der Waals surface area contributed by atoms with Crippen LogP contribution < -0.4 is 14.2 Å². The number of esters is 3. The van der Waals surface area contributed by atoms with Gasteiger partial charge in [-0.2, -0.15) is 0 Å². The first kappa shape index (κ1) is 28.3. The maximum Gasteiger partial charge on any atom is 0.343 e. The fourth-order valence-corrected chi connectivity index (χ4v) is 3.08. The first-order valence-corrected chi connectivity index (χ1v) is 11.8. The van der Waals surface area contributed by atoms with Gasteiger partial charge in [-0.3, -0.25) is 0 Å². The molecule has 2 aromatic carbocycles. The van der Waals surface area contributed by atoms with E-state index in [-0.39, 0.29) is 5.57 Å². The van der Waals surface area contributed by atoms with Crippen LogP contribution in [0.25, 0.3) is 0 Å². The van der Waals surface area contributed by atoms with Gasteiger partial charge in [-0.25, -0.2) is 14.4 Å². The summed E-state index contributed by atoms with van der Waals surface area (Å²) in [6.07, 6.45) is 5.08. The Morgan fingerprint density at radius 1 is 0.917 bits per heavy atom. The van der Waals surface area contributed by atoms with Crippen LogP contribution >= 0.6 is 0 Å². The minimum Gasteiger partial charge on any atom is -0.494 e. The normalized spacial score (nSPS) is 10.3. The molecule has 0 aliphatic carbocycles. The molecule has 0 saturated heterocycles. The fraction of sp³-hybridized carbons (Fsp3) is 0.321. The molecule has 1 N–H and O–H groups in total. The predicted octanol–water partition coefficient (Wildman–Crippen LogP) is 4.59. The van der Waals surface area contributed by atoms with Crippen molar-refractivity contribution in [3.05, 3.63) is 78.4 Å². The first-order chi connectivity index (χ1) is 17.4. The van der Waals surface area contributed by atoms with Gasteiger partial charge < -0.3 is 24.1 Å². The summed E-state index contributed by atoms with van der Waals surface area (Å²) in [6.45, 7) is 9.15. The lowest BCUT2D eigenvalue weighted by molar-refractivity contribution is -0.139. The van der Waals surface area contributed by atoms with Gasteiger partial charge in [0, 0.05) is 6.08 Å². The summed E-state index contributed by atoms with van der Waals surface area (Å²) in [7, 11) is 0. The van der Waals surface area contributed by atoms with Gasteiger partial charge in [-0.1, -0.05) is 20.1 Å². The number of aliphatic hydroxyl groups is 1. The Balaban J connectivity index is 1.77. The van der Waals surface area contributed by atoms with Crippen molar-refractivity contribution in [3.63, 3.8) is 0 Å². The lowest BCUT2D eigenvalue weighted by atomic mass is 10.1. The minimum atomic E-state index is -0.579. The number of benzene rings is 2. The minimum absolute atomic E-state index is 0.0537. The van der Waals surface area contributed by atoms with E-state index in [4.69, 9.17) is 24.1 Å². The standard InChI is InChI=1S/C28H32O8/c1-4-21-18-24(33-16-8-6-7-9-17-34-27(31)20(3)19-29)14-15-25(21)36-28(32)22-10-12-23(13-11-22)35-26(30)5-2/h5,10-15,18,29H,2-4,6-9,16-17,19H2,1H3. The third-order valence-corrected chi connectivity index (χ3v) is 5.11. The highest BCUT2D eigenvalue weighted by atomic mass is 16.5. The lowest BCUT2D eigenvalue weighted by Gasteiger charge is -2.12. The molecule has 8 nitrogen and oxygen atoms in total. The highest BCUT2D eigenvalue weighted by molar-refractivity contribution is 5.91. The molecule has 0 saturated carbocycles. The van der Waals surface area contributed by atoms with Crippen LogP contribution in [0.15, 0.2) is 67.3 Å². The Labute approximate surface area is 211 Å². The van der Waals surface area contributed by atoms with Crippen molar-refractivity contribution in [2.75, 3.05) is 19.8 Å². The topological polar surface area (TPSA) is 108 Å². The highest BCUT2D eigenvalue weighted by Crippen LogP contribution is 2.26. The maximum atomic E-state index is 12.5. The Morgan fingerprint density at radius 2 is 1.58 bits per heavy atom. The molecule has 8 heteroatoms. The second-order valence-electron chi connectivity index (χ2n) is 7.82. The summed E-state index contributed by atoms with van der Waals surface area (Å²) in [5, 5.41) is 8.82. The molecule has 0 atom stereocenters. The van der Waals surface area contributed by atoms with Crippen LogP contribution in [0.4, 0.5) is 0 Å². The van der Waals surface area contributed by atoms with Crippen molar-refractivity contribution >= 4 is 17.9 Å². The Bertz CT molecular complexity index is 1060. The second-order valence-corrected chi connectivity index (χ2v) is 7.82. The summed E-state index contributed by atoms with van der Waals surface area (Å²) >= 11 is 0. The van der Waals surface area contributed by atoms with Crippen molar-refractivity contribution in [3.8, 4) is 17.2 Å². The van der Waals surface area contributed by atoms with Crippen molar-refractivity contribution in [2.45, 2.75) is 39.0 Å². The van der Waals surface area contributed by atoms with Crippen molar-refractivity contribution in [1.29, 1.82) is 0 Å². The molecular weight excluding hydrogens is 464 g/mol. The van der Waals surface area contributed by atoms with Crippen LogP contribution in [0.5, 0.6) is 17.2 Å².